The molecule has 0 radical (unpaired) electrons. The van der Waals surface area contributed by atoms with E-state index in [0.717, 1.165) is 17.3 Å². The zero-order valence-corrected chi connectivity index (χ0v) is 13.4. The topological polar surface area (TPSA) is 59.5 Å². The fraction of sp³-hybridized carbons (Fsp3) is 0.389. The molecule has 2 heterocycles. The van der Waals surface area contributed by atoms with Gasteiger partial charge in [-0.05, 0) is 38.8 Å². The smallest absolute Gasteiger partial charge is 0.331 e. The van der Waals surface area contributed by atoms with Crippen LogP contribution in [0.2, 0.25) is 0 Å². The van der Waals surface area contributed by atoms with E-state index in [-0.39, 0.29) is 11.9 Å². The lowest BCUT2D eigenvalue weighted by atomic mass is 9.99. The Bertz CT molecular complexity index is 759. The molecule has 23 heavy (non-hydrogen) atoms. The first kappa shape index (κ1) is 15.5. The molecule has 1 aromatic carbocycles. The Morgan fingerprint density at radius 3 is 2.83 bits per heavy atom. The standard InChI is InChI=1S/C18H20N2O3/c1-3-23-17(22)18(2)11-6-12-20(18)16(21)15-10-9-13-7-4-5-8-14(13)19-15/h4-5,7-10H,3,6,11-12H2,1-2H3. The quantitative estimate of drug-likeness (QED) is 0.818. The number of para-hydroxylation sites is 1. The predicted octanol–water partition coefficient (Wildman–Crippen LogP) is 2.79. The van der Waals surface area contributed by atoms with Gasteiger partial charge in [-0.15, -0.1) is 0 Å². The van der Waals surface area contributed by atoms with E-state index in [0.29, 0.717) is 25.3 Å². The van der Waals surface area contributed by atoms with E-state index in [1.54, 1.807) is 24.8 Å². The fourth-order valence-corrected chi connectivity index (χ4v) is 3.11. The number of carbonyl (C=O) groups excluding carboxylic acids is 2. The maximum atomic E-state index is 12.9. The first-order valence-corrected chi connectivity index (χ1v) is 7.91. The van der Waals surface area contributed by atoms with Crippen LogP contribution in [0.1, 0.15) is 37.2 Å². The van der Waals surface area contributed by atoms with Crippen molar-refractivity contribution in [3.05, 3.63) is 42.1 Å². The van der Waals surface area contributed by atoms with Crippen molar-refractivity contribution in [2.75, 3.05) is 13.2 Å². The van der Waals surface area contributed by atoms with Gasteiger partial charge in [-0.25, -0.2) is 9.78 Å². The van der Waals surface area contributed by atoms with Crippen molar-refractivity contribution in [2.24, 2.45) is 0 Å². The van der Waals surface area contributed by atoms with Gasteiger partial charge in [-0.3, -0.25) is 4.79 Å². The summed E-state index contributed by atoms with van der Waals surface area (Å²) < 4.78 is 5.16. The Balaban J connectivity index is 1.92. The zero-order chi connectivity index (χ0) is 16.4. The van der Waals surface area contributed by atoms with Gasteiger partial charge >= 0.3 is 5.97 Å². The molecule has 0 saturated carbocycles. The Morgan fingerprint density at radius 2 is 2.04 bits per heavy atom. The molecule has 0 bridgehead atoms. The monoisotopic (exact) mass is 312 g/mol. The molecule has 1 saturated heterocycles. The van der Waals surface area contributed by atoms with Gasteiger partial charge in [0.15, 0.2) is 0 Å². The van der Waals surface area contributed by atoms with Crippen LogP contribution in [0.5, 0.6) is 0 Å². The largest absolute Gasteiger partial charge is 0.464 e. The molecule has 1 unspecified atom stereocenters. The number of pyridine rings is 1. The number of likely N-dealkylation sites (tertiary alicyclic amines) is 1. The fourth-order valence-electron chi connectivity index (χ4n) is 3.11. The molecule has 5 nitrogen and oxygen atoms in total. The number of rotatable bonds is 3. The number of fused-ring (bicyclic) bond motifs is 1. The van der Waals surface area contributed by atoms with Crippen LogP contribution in [-0.2, 0) is 9.53 Å². The number of aromatic nitrogens is 1. The molecule has 0 N–H and O–H groups in total. The van der Waals surface area contributed by atoms with E-state index in [4.69, 9.17) is 4.74 Å². The SMILES string of the molecule is CCOC(=O)C1(C)CCCN1C(=O)c1ccc2ccccc2n1. The first-order valence-electron chi connectivity index (χ1n) is 7.91. The number of nitrogens with zero attached hydrogens (tertiary/aromatic N) is 2. The van der Waals surface area contributed by atoms with Crippen LogP contribution in [0, 0.1) is 0 Å². The van der Waals surface area contributed by atoms with E-state index in [1.807, 2.05) is 30.3 Å². The van der Waals surface area contributed by atoms with Crippen molar-refractivity contribution in [1.29, 1.82) is 0 Å². The Labute approximate surface area is 135 Å². The Hall–Kier alpha value is -2.43. The lowest BCUT2D eigenvalue weighted by Crippen LogP contribution is -2.51. The normalized spacial score (nSPS) is 20.7. The Morgan fingerprint density at radius 1 is 1.26 bits per heavy atom. The summed E-state index contributed by atoms with van der Waals surface area (Å²) in [5.41, 5.74) is 0.233. The number of hydrogen-bond acceptors (Lipinski definition) is 4. The molecule has 1 aromatic heterocycles. The van der Waals surface area contributed by atoms with Gasteiger partial charge in [0.1, 0.15) is 11.2 Å². The number of carbonyl (C=O) groups is 2. The molecule has 2 aromatic rings. The molecular weight excluding hydrogens is 292 g/mol. The molecule has 1 fully saturated rings. The van der Waals surface area contributed by atoms with Gasteiger partial charge in [0, 0.05) is 11.9 Å². The van der Waals surface area contributed by atoms with E-state index >= 15 is 0 Å². The summed E-state index contributed by atoms with van der Waals surface area (Å²) >= 11 is 0. The van der Waals surface area contributed by atoms with Gasteiger partial charge in [0.25, 0.3) is 5.91 Å². The minimum atomic E-state index is -0.902. The van der Waals surface area contributed by atoms with Crippen molar-refractivity contribution in [3.8, 4) is 0 Å². The zero-order valence-electron chi connectivity index (χ0n) is 13.4. The third-order valence-electron chi connectivity index (χ3n) is 4.42. The second kappa shape index (κ2) is 5.99. The predicted molar refractivity (Wildman–Crippen MR) is 87.1 cm³/mol. The summed E-state index contributed by atoms with van der Waals surface area (Å²) in [6.45, 7) is 4.40. The van der Waals surface area contributed by atoms with Crippen molar-refractivity contribution in [2.45, 2.75) is 32.2 Å². The summed E-state index contributed by atoms with van der Waals surface area (Å²) in [7, 11) is 0. The highest BCUT2D eigenvalue weighted by molar-refractivity contribution is 5.98. The molecule has 1 atom stereocenters. The summed E-state index contributed by atoms with van der Waals surface area (Å²) in [5, 5.41) is 0.985. The number of hydrogen-bond donors (Lipinski definition) is 0. The maximum absolute atomic E-state index is 12.9. The van der Waals surface area contributed by atoms with Gasteiger partial charge in [0.05, 0.1) is 12.1 Å². The van der Waals surface area contributed by atoms with Crippen LogP contribution in [0.15, 0.2) is 36.4 Å². The highest BCUT2D eigenvalue weighted by Gasteiger charge is 2.47. The van der Waals surface area contributed by atoms with Crippen molar-refractivity contribution < 1.29 is 14.3 Å². The second-order valence-corrected chi connectivity index (χ2v) is 5.94. The average Bonchev–Trinajstić information content (AvgIpc) is 2.97. The van der Waals surface area contributed by atoms with E-state index in [2.05, 4.69) is 4.98 Å². The average molecular weight is 312 g/mol. The van der Waals surface area contributed by atoms with E-state index in [1.165, 1.54) is 0 Å². The molecule has 5 heteroatoms. The van der Waals surface area contributed by atoms with Crippen LogP contribution in [0.3, 0.4) is 0 Å². The van der Waals surface area contributed by atoms with E-state index in [9.17, 15) is 9.59 Å². The van der Waals surface area contributed by atoms with Gasteiger partial charge in [0.2, 0.25) is 0 Å². The van der Waals surface area contributed by atoms with E-state index < -0.39 is 5.54 Å². The minimum Gasteiger partial charge on any atom is -0.464 e. The third-order valence-corrected chi connectivity index (χ3v) is 4.42. The lowest BCUT2D eigenvalue weighted by Gasteiger charge is -2.32. The van der Waals surface area contributed by atoms with Crippen LogP contribution >= 0.6 is 0 Å². The van der Waals surface area contributed by atoms with Gasteiger partial charge in [-0.2, -0.15) is 0 Å². The highest BCUT2D eigenvalue weighted by atomic mass is 16.5. The summed E-state index contributed by atoms with van der Waals surface area (Å²) in [5.74, 6) is -0.560. The number of esters is 1. The van der Waals surface area contributed by atoms with Crippen LogP contribution < -0.4 is 0 Å². The van der Waals surface area contributed by atoms with Crippen LogP contribution in [0.25, 0.3) is 10.9 Å². The summed E-state index contributed by atoms with van der Waals surface area (Å²) in [6.07, 6.45) is 1.40. The molecule has 1 aliphatic heterocycles. The molecule has 120 valence electrons. The Kier molecular flexibility index (Phi) is 4.03. The molecular formula is C18H20N2O3. The summed E-state index contributed by atoms with van der Waals surface area (Å²) in [4.78, 5) is 31.2. The molecule has 1 aliphatic rings. The number of ether oxygens (including phenoxy) is 1. The number of benzene rings is 1. The van der Waals surface area contributed by atoms with Crippen molar-refractivity contribution in [3.63, 3.8) is 0 Å². The maximum Gasteiger partial charge on any atom is 0.331 e. The molecule has 1 amide bonds. The highest BCUT2D eigenvalue weighted by Crippen LogP contribution is 2.31. The van der Waals surface area contributed by atoms with Gasteiger partial charge < -0.3 is 9.64 Å². The van der Waals surface area contributed by atoms with Gasteiger partial charge in [-0.1, -0.05) is 24.3 Å². The lowest BCUT2D eigenvalue weighted by molar-refractivity contribution is -0.153. The van der Waals surface area contributed by atoms with Crippen LogP contribution in [0.4, 0.5) is 0 Å². The van der Waals surface area contributed by atoms with Crippen molar-refractivity contribution >= 4 is 22.8 Å². The first-order chi connectivity index (χ1) is 11.1. The third kappa shape index (κ3) is 2.67. The number of amides is 1. The summed E-state index contributed by atoms with van der Waals surface area (Å²) in [6, 6.07) is 11.3. The molecule has 0 aliphatic carbocycles. The van der Waals surface area contributed by atoms with Crippen molar-refractivity contribution in [1.82, 2.24) is 9.88 Å². The minimum absolute atomic E-state index is 0.219. The van der Waals surface area contributed by atoms with Crippen LogP contribution in [-0.4, -0.2) is 40.5 Å². The molecule has 3 rings (SSSR count). The second-order valence-electron chi connectivity index (χ2n) is 5.94. The molecule has 0 spiro atoms.